The lowest BCUT2D eigenvalue weighted by atomic mass is 10.3. The Bertz CT molecular complexity index is 587. The molecule has 1 amide bonds. The molecule has 0 unspecified atom stereocenters. The number of nitrogens with zero attached hydrogens (tertiary/aromatic N) is 5. The zero-order valence-corrected chi connectivity index (χ0v) is 10.8. The summed E-state index contributed by atoms with van der Waals surface area (Å²) in [6.45, 7) is 4.02. The Morgan fingerprint density at radius 1 is 1.47 bits per heavy atom. The van der Waals surface area contributed by atoms with E-state index in [-0.39, 0.29) is 11.7 Å². The first kappa shape index (κ1) is 11.9. The topological polar surface area (TPSA) is 79.7 Å². The van der Waals surface area contributed by atoms with Crippen molar-refractivity contribution in [2.75, 3.05) is 6.54 Å². The third-order valence-electron chi connectivity index (χ3n) is 3.24. The highest BCUT2D eigenvalue weighted by Gasteiger charge is 2.24. The van der Waals surface area contributed by atoms with Gasteiger partial charge in [0.2, 0.25) is 5.82 Å². The minimum Gasteiger partial charge on any atom is -0.332 e. The molecule has 3 rings (SSSR count). The van der Waals surface area contributed by atoms with Gasteiger partial charge in [0, 0.05) is 31.9 Å². The van der Waals surface area contributed by atoms with Crippen LogP contribution in [0.4, 0.5) is 0 Å². The Hall–Kier alpha value is -2.18. The number of aromatic nitrogens is 5. The van der Waals surface area contributed by atoms with Crippen molar-refractivity contribution in [3.63, 3.8) is 0 Å². The predicted octanol–water partition coefficient (Wildman–Crippen LogP) is 0.610. The van der Waals surface area contributed by atoms with E-state index < -0.39 is 0 Å². The van der Waals surface area contributed by atoms with Gasteiger partial charge in [-0.2, -0.15) is 0 Å². The highest BCUT2D eigenvalue weighted by Crippen LogP contribution is 2.12. The smallest absolute Gasteiger partial charge is 0.293 e. The summed E-state index contributed by atoms with van der Waals surface area (Å²) in [5, 5.41) is 6.81. The number of imidazole rings is 1. The van der Waals surface area contributed by atoms with Gasteiger partial charge in [0.05, 0.1) is 6.54 Å². The standard InChI is InChI=1S/C12H16N6O/c1-2-3-9-14-11(16-15-9)12(19)18-7-6-17-5-4-13-10(17)8-18/h4-5H,2-3,6-8H2,1H3,(H,14,15,16). The molecule has 0 spiro atoms. The highest BCUT2D eigenvalue weighted by atomic mass is 16.2. The number of fused-ring (bicyclic) bond motifs is 1. The summed E-state index contributed by atoms with van der Waals surface area (Å²) in [5.41, 5.74) is 0. The summed E-state index contributed by atoms with van der Waals surface area (Å²) in [6, 6.07) is 0. The zero-order valence-electron chi connectivity index (χ0n) is 10.8. The van der Waals surface area contributed by atoms with Gasteiger partial charge >= 0.3 is 0 Å². The van der Waals surface area contributed by atoms with Gasteiger partial charge < -0.3 is 9.47 Å². The van der Waals surface area contributed by atoms with E-state index in [4.69, 9.17) is 0 Å². The molecule has 3 heterocycles. The van der Waals surface area contributed by atoms with E-state index in [0.717, 1.165) is 31.0 Å². The molecule has 0 fully saturated rings. The average molecular weight is 260 g/mol. The summed E-state index contributed by atoms with van der Waals surface area (Å²) in [4.78, 5) is 22.5. The first-order valence-corrected chi connectivity index (χ1v) is 6.48. The van der Waals surface area contributed by atoms with Gasteiger partial charge in [-0.15, -0.1) is 5.10 Å². The Balaban J connectivity index is 1.74. The number of aryl methyl sites for hydroxylation is 1. The molecule has 1 N–H and O–H groups in total. The van der Waals surface area contributed by atoms with Crippen molar-refractivity contribution in [1.82, 2.24) is 29.6 Å². The van der Waals surface area contributed by atoms with Crippen LogP contribution in [-0.2, 0) is 19.5 Å². The van der Waals surface area contributed by atoms with E-state index in [1.54, 1.807) is 11.1 Å². The second-order valence-corrected chi connectivity index (χ2v) is 4.62. The summed E-state index contributed by atoms with van der Waals surface area (Å²) >= 11 is 0. The molecular weight excluding hydrogens is 244 g/mol. The third-order valence-corrected chi connectivity index (χ3v) is 3.24. The second kappa shape index (κ2) is 4.83. The Morgan fingerprint density at radius 3 is 3.21 bits per heavy atom. The van der Waals surface area contributed by atoms with E-state index in [9.17, 15) is 4.79 Å². The van der Waals surface area contributed by atoms with E-state index in [0.29, 0.717) is 13.1 Å². The van der Waals surface area contributed by atoms with Crippen LogP contribution >= 0.6 is 0 Å². The number of rotatable bonds is 3. The highest BCUT2D eigenvalue weighted by molar-refractivity contribution is 5.90. The fraction of sp³-hybridized carbons (Fsp3) is 0.500. The molecule has 19 heavy (non-hydrogen) atoms. The SMILES string of the molecule is CCCc1nc(C(=O)N2CCn3ccnc3C2)n[nH]1. The number of carbonyl (C=O) groups excluding carboxylic acids is 1. The largest absolute Gasteiger partial charge is 0.332 e. The molecule has 1 aliphatic heterocycles. The normalized spacial score (nSPS) is 14.5. The van der Waals surface area contributed by atoms with Crippen molar-refractivity contribution in [3.05, 3.63) is 29.9 Å². The number of aromatic amines is 1. The molecule has 7 heteroatoms. The number of H-pyrrole nitrogens is 1. The lowest BCUT2D eigenvalue weighted by molar-refractivity contribution is 0.0695. The molecule has 0 atom stereocenters. The van der Waals surface area contributed by atoms with Gasteiger partial charge in [-0.05, 0) is 6.42 Å². The first-order chi connectivity index (χ1) is 9.28. The van der Waals surface area contributed by atoms with E-state index >= 15 is 0 Å². The van der Waals surface area contributed by atoms with Crippen LogP contribution in [0.5, 0.6) is 0 Å². The molecule has 0 bridgehead atoms. The number of amides is 1. The van der Waals surface area contributed by atoms with Crippen LogP contribution < -0.4 is 0 Å². The van der Waals surface area contributed by atoms with Crippen LogP contribution in [0.1, 0.15) is 35.6 Å². The van der Waals surface area contributed by atoms with Crippen molar-refractivity contribution in [2.24, 2.45) is 0 Å². The fourth-order valence-electron chi connectivity index (χ4n) is 2.23. The molecular formula is C12H16N6O. The van der Waals surface area contributed by atoms with Crippen LogP contribution in [0.2, 0.25) is 0 Å². The van der Waals surface area contributed by atoms with Gasteiger partial charge in [-0.3, -0.25) is 9.89 Å². The van der Waals surface area contributed by atoms with Crippen LogP contribution in [0, 0.1) is 0 Å². The van der Waals surface area contributed by atoms with Crippen LogP contribution in [0.3, 0.4) is 0 Å². The molecule has 7 nitrogen and oxygen atoms in total. The van der Waals surface area contributed by atoms with Crippen molar-refractivity contribution < 1.29 is 4.79 Å². The summed E-state index contributed by atoms with van der Waals surface area (Å²) < 4.78 is 2.06. The minimum absolute atomic E-state index is 0.132. The second-order valence-electron chi connectivity index (χ2n) is 4.62. The van der Waals surface area contributed by atoms with Gasteiger partial charge in [0.1, 0.15) is 11.6 Å². The molecule has 2 aromatic heterocycles. The van der Waals surface area contributed by atoms with E-state index in [1.165, 1.54) is 0 Å². The molecule has 0 radical (unpaired) electrons. The van der Waals surface area contributed by atoms with Crippen molar-refractivity contribution >= 4 is 5.91 Å². The molecule has 2 aromatic rings. The van der Waals surface area contributed by atoms with Crippen LogP contribution in [0.25, 0.3) is 0 Å². The third kappa shape index (κ3) is 2.23. The Kier molecular flexibility index (Phi) is 3.02. The number of hydrogen-bond acceptors (Lipinski definition) is 4. The van der Waals surface area contributed by atoms with Crippen LogP contribution in [0.15, 0.2) is 12.4 Å². The molecule has 0 aliphatic carbocycles. The lowest BCUT2D eigenvalue weighted by Crippen LogP contribution is -2.38. The number of hydrogen-bond donors (Lipinski definition) is 1. The minimum atomic E-state index is -0.132. The van der Waals surface area contributed by atoms with Crippen LogP contribution in [-0.4, -0.2) is 42.1 Å². The quantitative estimate of drug-likeness (QED) is 0.876. The summed E-state index contributed by atoms with van der Waals surface area (Å²) in [6.07, 6.45) is 5.48. The molecule has 100 valence electrons. The summed E-state index contributed by atoms with van der Waals surface area (Å²) in [5.74, 6) is 1.80. The molecule has 0 aromatic carbocycles. The molecule has 1 aliphatic rings. The van der Waals surface area contributed by atoms with Crippen molar-refractivity contribution in [1.29, 1.82) is 0 Å². The first-order valence-electron chi connectivity index (χ1n) is 6.48. The number of nitrogens with one attached hydrogen (secondary N) is 1. The van der Waals surface area contributed by atoms with E-state index in [1.807, 2.05) is 6.20 Å². The van der Waals surface area contributed by atoms with E-state index in [2.05, 4.69) is 31.7 Å². The number of carbonyl (C=O) groups is 1. The Labute approximate surface area is 110 Å². The molecule has 0 saturated heterocycles. The average Bonchev–Trinajstić information content (AvgIpc) is 3.05. The Morgan fingerprint density at radius 2 is 2.37 bits per heavy atom. The maximum atomic E-state index is 12.3. The summed E-state index contributed by atoms with van der Waals surface area (Å²) in [7, 11) is 0. The van der Waals surface area contributed by atoms with Gasteiger partial charge in [-0.1, -0.05) is 6.92 Å². The van der Waals surface area contributed by atoms with Gasteiger partial charge in [0.15, 0.2) is 0 Å². The van der Waals surface area contributed by atoms with Crippen molar-refractivity contribution in [2.45, 2.75) is 32.9 Å². The van der Waals surface area contributed by atoms with Crippen molar-refractivity contribution in [3.8, 4) is 0 Å². The van der Waals surface area contributed by atoms with Gasteiger partial charge in [-0.25, -0.2) is 9.97 Å². The fourth-order valence-corrected chi connectivity index (χ4v) is 2.23. The maximum absolute atomic E-state index is 12.3. The monoisotopic (exact) mass is 260 g/mol. The van der Waals surface area contributed by atoms with Gasteiger partial charge in [0.25, 0.3) is 5.91 Å². The maximum Gasteiger partial charge on any atom is 0.293 e. The zero-order chi connectivity index (χ0) is 13.2. The predicted molar refractivity (Wildman–Crippen MR) is 67.3 cm³/mol. The molecule has 0 saturated carbocycles. The lowest BCUT2D eigenvalue weighted by Gasteiger charge is -2.26.